The topological polar surface area (TPSA) is 54.0 Å². The molecule has 0 aliphatic carbocycles. The van der Waals surface area contributed by atoms with Crippen LogP contribution >= 0.6 is 27.7 Å². The third kappa shape index (κ3) is 3.43. The van der Waals surface area contributed by atoms with Crippen LogP contribution in [0.3, 0.4) is 0 Å². The fraction of sp³-hybridized carbons (Fsp3) is 0.455. The number of amides is 1. The summed E-state index contributed by atoms with van der Waals surface area (Å²) in [5, 5.41) is 6.03. The first-order chi connectivity index (χ1) is 8.16. The summed E-state index contributed by atoms with van der Waals surface area (Å²) in [6, 6.07) is 3.57. The van der Waals surface area contributed by atoms with Gasteiger partial charge in [-0.3, -0.25) is 4.79 Å². The SMILES string of the molecule is Cc1nc(NC(=O)C2CSCCN2)ccc1Br. The van der Waals surface area contributed by atoms with E-state index in [2.05, 4.69) is 31.5 Å². The second kappa shape index (κ2) is 5.84. The number of halogens is 1. The van der Waals surface area contributed by atoms with E-state index in [-0.39, 0.29) is 11.9 Å². The lowest BCUT2D eigenvalue weighted by atomic mass is 10.3. The highest BCUT2D eigenvalue weighted by Crippen LogP contribution is 2.16. The van der Waals surface area contributed by atoms with Gasteiger partial charge in [-0.15, -0.1) is 0 Å². The molecule has 0 bridgehead atoms. The Hall–Kier alpha value is -0.590. The summed E-state index contributed by atoms with van der Waals surface area (Å²) < 4.78 is 0.946. The molecule has 1 unspecified atom stereocenters. The van der Waals surface area contributed by atoms with Crippen LogP contribution in [0.2, 0.25) is 0 Å². The lowest BCUT2D eigenvalue weighted by molar-refractivity contribution is -0.117. The Morgan fingerprint density at radius 3 is 3.12 bits per heavy atom. The molecule has 1 saturated heterocycles. The molecule has 0 spiro atoms. The minimum absolute atomic E-state index is 0.00794. The van der Waals surface area contributed by atoms with E-state index in [0.717, 1.165) is 28.2 Å². The van der Waals surface area contributed by atoms with Gasteiger partial charge in [-0.1, -0.05) is 0 Å². The van der Waals surface area contributed by atoms with E-state index in [1.54, 1.807) is 17.8 Å². The first kappa shape index (κ1) is 12.9. The van der Waals surface area contributed by atoms with E-state index in [0.29, 0.717) is 5.82 Å². The normalized spacial score (nSPS) is 20.0. The van der Waals surface area contributed by atoms with Gasteiger partial charge in [0.15, 0.2) is 0 Å². The highest BCUT2D eigenvalue weighted by molar-refractivity contribution is 9.10. The molecule has 1 amide bonds. The van der Waals surface area contributed by atoms with Crippen LogP contribution in [-0.4, -0.2) is 35.0 Å². The number of aromatic nitrogens is 1. The van der Waals surface area contributed by atoms with Crippen molar-refractivity contribution in [1.82, 2.24) is 10.3 Å². The molecule has 0 saturated carbocycles. The van der Waals surface area contributed by atoms with E-state index in [1.807, 2.05) is 13.0 Å². The maximum absolute atomic E-state index is 11.9. The molecule has 1 atom stereocenters. The molecule has 92 valence electrons. The van der Waals surface area contributed by atoms with Crippen molar-refractivity contribution in [2.24, 2.45) is 0 Å². The minimum atomic E-state index is -0.112. The summed E-state index contributed by atoms with van der Waals surface area (Å²) in [6.07, 6.45) is 0. The maximum Gasteiger partial charge on any atom is 0.243 e. The smallest absolute Gasteiger partial charge is 0.243 e. The van der Waals surface area contributed by atoms with Gasteiger partial charge < -0.3 is 10.6 Å². The Morgan fingerprint density at radius 2 is 2.47 bits per heavy atom. The monoisotopic (exact) mass is 315 g/mol. The second-order valence-electron chi connectivity index (χ2n) is 3.83. The molecule has 1 fully saturated rings. The van der Waals surface area contributed by atoms with Crippen molar-refractivity contribution in [3.05, 3.63) is 22.3 Å². The predicted molar refractivity (Wildman–Crippen MR) is 74.4 cm³/mol. The van der Waals surface area contributed by atoms with Gasteiger partial charge in [0.25, 0.3) is 0 Å². The first-order valence-corrected chi connectivity index (χ1v) is 7.37. The van der Waals surface area contributed by atoms with Crippen LogP contribution in [0.5, 0.6) is 0 Å². The Bertz CT molecular complexity index is 421. The van der Waals surface area contributed by atoms with Gasteiger partial charge in [0.1, 0.15) is 5.82 Å². The number of hydrogen-bond donors (Lipinski definition) is 2. The summed E-state index contributed by atoms with van der Waals surface area (Å²) in [6.45, 7) is 2.78. The summed E-state index contributed by atoms with van der Waals surface area (Å²) in [5.74, 6) is 2.49. The van der Waals surface area contributed by atoms with Gasteiger partial charge in [-0.2, -0.15) is 11.8 Å². The van der Waals surface area contributed by atoms with Gasteiger partial charge in [0, 0.05) is 22.5 Å². The van der Waals surface area contributed by atoms with Crippen molar-refractivity contribution in [1.29, 1.82) is 0 Å². The molecule has 0 aromatic carbocycles. The van der Waals surface area contributed by atoms with E-state index in [9.17, 15) is 4.79 Å². The largest absolute Gasteiger partial charge is 0.309 e. The molecule has 17 heavy (non-hydrogen) atoms. The molecule has 1 aromatic rings. The van der Waals surface area contributed by atoms with Crippen LogP contribution in [0.25, 0.3) is 0 Å². The second-order valence-corrected chi connectivity index (χ2v) is 5.84. The molecule has 0 radical (unpaired) electrons. The first-order valence-electron chi connectivity index (χ1n) is 5.42. The van der Waals surface area contributed by atoms with Gasteiger partial charge in [0.05, 0.1) is 11.7 Å². The van der Waals surface area contributed by atoms with Gasteiger partial charge in [0.2, 0.25) is 5.91 Å². The molecular weight excluding hydrogens is 302 g/mol. The summed E-state index contributed by atoms with van der Waals surface area (Å²) in [5.41, 5.74) is 0.869. The molecule has 2 N–H and O–H groups in total. The number of aryl methyl sites for hydroxylation is 1. The quantitative estimate of drug-likeness (QED) is 0.873. The zero-order valence-electron chi connectivity index (χ0n) is 9.50. The maximum atomic E-state index is 11.9. The lowest BCUT2D eigenvalue weighted by Gasteiger charge is -2.22. The number of nitrogens with one attached hydrogen (secondary N) is 2. The van der Waals surface area contributed by atoms with Crippen molar-refractivity contribution >= 4 is 39.4 Å². The number of anilines is 1. The predicted octanol–water partition coefficient (Wildman–Crippen LogP) is 1.80. The fourth-order valence-electron chi connectivity index (χ4n) is 1.56. The highest BCUT2D eigenvalue weighted by Gasteiger charge is 2.21. The van der Waals surface area contributed by atoms with E-state index in [1.165, 1.54) is 0 Å². The molecule has 1 aliphatic rings. The van der Waals surface area contributed by atoms with Crippen LogP contribution in [0.1, 0.15) is 5.69 Å². The van der Waals surface area contributed by atoms with Crippen molar-refractivity contribution < 1.29 is 4.79 Å². The van der Waals surface area contributed by atoms with Crippen LogP contribution < -0.4 is 10.6 Å². The Kier molecular flexibility index (Phi) is 4.42. The number of rotatable bonds is 2. The number of thioether (sulfide) groups is 1. The summed E-state index contributed by atoms with van der Waals surface area (Å²) in [4.78, 5) is 16.2. The summed E-state index contributed by atoms with van der Waals surface area (Å²) in [7, 11) is 0. The molecule has 1 aliphatic heterocycles. The van der Waals surface area contributed by atoms with E-state index < -0.39 is 0 Å². The third-order valence-corrected chi connectivity index (χ3v) is 4.41. The van der Waals surface area contributed by atoms with Crippen LogP contribution in [0.15, 0.2) is 16.6 Å². The Balaban J connectivity index is 1.99. The number of carbonyl (C=O) groups is 1. The average Bonchev–Trinajstić information content (AvgIpc) is 2.35. The number of nitrogens with zero attached hydrogens (tertiary/aromatic N) is 1. The zero-order chi connectivity index (χ0) is 12.3. The van der Waals surface area contributed by atoms with Crippen molar-refractivity contribution in [2.45, 2.75) is 13.0 Å². The Morgan fingerprint density at radius 1 is 1.65 bits per heavy atom. The third-order valence-electron chi connectivity index (χ3n) is 2.51. The lowest BCUT2D eigenvalue weighted by Crippen LogP contribution is -2.46. The number of carbonyl (C=O) groups excluding carboxylic acids is 1. The molecule has 4 nitrogen and oxygen atoms in total. The van der Waals surface area contributed by atoms with Crippen molar-refractivity contribution in [3.8, 4) is 0 Å². The van der Waals surface area contributed by atoms with Crippen LogP contribution in [0.4, 0.5) is 5.82 Å². The molecule has 6 heteroatoms. The fourth-order valence-corrected chi connectivity index (χ4v) is 2.72. The van der Waals surface area contributed by atoms with Crippen molar-refractivity contribution in [2.75, 3.05) is 23.4 Å². The van der Waals surface area contributed by atoms with E-state index >= 15 is 0 Å². The highest BCUT2D eigenvalue weighted by atomic mass is 79.9. The number of hydrogen-bond acceptors (Lipinski definition) is 4. The minimum Gasteiger partial charge on any atom is -0.309 e. The molecule has 1 aromatic heterocycles. The van der Waals surface area contributed by atoms with Crippen LogP contribution in [0, 0.1) is 6.92 Å². The van der Waals surface area contributed by atoms with E-state index in [4.69, 9.17) is 0 Å². The zero-order valence-corrected chi connectivity index (χ0v) is 11.9. The molecule has 2 heterocycles. The Labute approximate surface area is 113 Å². The molecule has 2 rings (SSSR count). The van der Waals surface area contributed by atoms with Gasteiger partial charge in [-0.25, -0.2) is 4.98 Å². The summed E-state index contributed by atoms with van der Waals surface area (Å²) >= 11 is 5.18. The van der Waals surface area contributed by atoms with Gasteiger partial charge in [-0.05, 0) is 35.0 Å². The molecular formula is C11H14BrN3OS. The standard InChI is InChI=1S/C11H14BrN3OS/c1-7-8(12)2-3-10(14-7)15-11(16)9-6-17-5-4-13-9/h2-3,9,13H,4-6H2,1H3,(H,14,15,16). The number of pyridine rings is 1. The van der Waals surface area contributed by atoms with Gasteiger partial charge >= 0.3 is 0 Å². The van der Waals surface area contributed by atoms with Crippen molar-refractivity contribution in [3.63, 3.8) is 0 Å². The average molecular weight is 316 g/mol. The van der Waals surface area contributed by atoms with Crippen LogP contribution in [-0.2, 0) is 4.79 Å².